The first-order chi connectivity index (χ1) is 14.5. The Kier molecular flexibility index (Phi) is 8.40. The molecule has 2 aromatic rings. The molecule has 1 atom stereocenters. The van der Waals surface area contributed by atoms with E-state index in [1.54, 1.807) is 12.1 Å². The molecule has 3 rings (SSSR count). The second kappa shape index (κ2) is 11.0. The zero-order chi connectivity index (χ0) is 21.5. The molecule has 1 amide bonds. The predicted octanol–water partition coefficient (Wildman–Crippen LogP) is 4.20. The van der Waals surface area contributed by atoms with Gasteiger partial charge in [0, 0.05) is 13.6 Å². The maximum absolute atomic E-state index is 13.1. The Morgan fingerprint density at radius 1 is 1.13 bits per heavy atom. The summed E-state index contributed by atoms with van der Waals surface area (Å²) in [5.41, 5.74) is 1.90. The van der Waals surface area contributed by atoms with E-state index in [-0.39, 0.29) is 31.6 Å². The molecule has 1 aliphatic rings. The summed E-state index contributed by atoms with van der Waals surface area (Å²) >= 11 is 12.1. The van der Waals surface area contributed by atoms with Gasteiger partial charge in [0.15, 0.2) is 0 Å². The molecule has 2 aromatic carbocycles. The first-order valence-corrected chi connectivity index (χ1v) is 11.0. The Morgan fingerprint density at radius 2 is 1.83 bits per heavy atom. The van der Waals surface area contributed by atoms with Crippen LogP contribution in [-0.2, 0) is 11.2 Å². The van der Waals surface area contributed by atoms with Crippen LogP contribution < -0.4 is 4.74 Å². The first-order valence-electron chi connectivity index (χ1n) is 10.2. The highest BCUT2D eigenvalue weighted by Gasteiger charge is 2.26. The number of aliphatic hydroxyl groups excluding tert-OH is 1. The summed E-state index contributed by atoms with van der Waals surface area (Å²) in [7, 11) is 1.86. The van der Waals surface area contributed by atoms with Gasteiger partial charge in [-0.15, -0.1) is 0 Å². The lowest BCUT2D eigenvalue weighted by Crippen LogP contribution is -2.39. The lowest BCUT2D eigenvalue weighted by Gasteiger charge is -2.32. The van der Waals surface area contributed by atoms with Gasteiger partial charge in [-0.05, 0) is 61.3 Å². The van der Waals surface area contributed by atoms with E-state index in [4.69, 9.17) is 33.0 Å². The van der Waals surface area contributed by atoms with Crippen molar-refractivity contribution >= 4 is 29.1 Å². The van der Waals surface area contributed by atoms with Gasteiger partial charge in [0.2, 0.25) is 5.91 Å². The van der Waals surface area contributed by atoms with Crippen LogP contribution in [0.25, 0.3) is 0 Å². The molecule has 0 radical (unpaired) electrons. The fourth-order valence-corrected chi connectivity index (χ4v) is 4.05. The topological polar surface area (TPSA) is 53.0 Å². The Balaban J connectivity index is 1.75. The summed E-state index contributed by atoms with van der Waals surface area (Å²) in [5.74, 6) is 0.732. The number of nitrogens with zero attached hydrogens (tertiary/aromatic N) is 2. The minimum Gasteiger partial charge on any atom is -0.491 e. The number of carbonyl (C=O) groups is 1. The maximum atomic E-state index is 13.1. The molecule has 0 unspecified atom stereocenters. The van der Waals surface area contributed by atoms with Crippen molar-refractivity contribution < 1.29 is 14.6 Å². The van der Waals surface area contributed by atoms with E-state index < -0.39 is 0 Å². The van der Waals surface area contributed by atoms with Crippen LogP contribution in [0.15, 0.2) is 42.5 Å². The van der Waals surface area contributed by atoms with Crippen molar-refractivity contribution in [3.63, 3.8) is 0 Å². The van der Waals surface area contributed by atoms with Gasteiger partial charge >= 0.3 is 0 Å². The Bertz CT molecular complexity index is 839. The van der Waals surface area contributed by atoms with Crippen molar-refractivity contribution in [3.05, 3.63) is 63.6 Å². The van der Waals surface area contributed by atoms with Crippen LogP contribution in [0.2, 0.25) is 10.0 Å². The van der Waals surface area contributed by atoms with Crippen LogP contribution in [0.5, 0.6) is 5.75 Å². The van der Waals surface area contributed by atoms with E-state index in [2.05, 4.69) is 4.90 Å². The number of ether oxygens (including phenoxy) is 1. The van der Waals surface area contributed by atoms with Gasteiger partial charge in [0.05, 0.1) is 29.1 Å². The van der Waals surface area contributed by atoms with E-state index in [1.807, 2.05) is 42.3 Å². The summed E-state index contributed by atoms with van der Waals surface area (Å²) in [6.45, 7) is 3.15. The number of likely N-dealkylation sites (N-methyl/N-ethyl adjacent to an activating group) is 1. The van der Waals surface area contributed by atoms with E-state index in [1.165, 1.54) is 12.8 Å². The molecule has 7 heteroatoms. The van der Waals surface area contributed by atoms with Gasteiger partial charge < -0.3 is 19.6 Å². The number of likely N-dealkylation sites (tertiary alicyclic amines) is 1. The standard InChI is InChI=1S/C23H28Cl2N2O3/c1-26(23(29)15-17-4-9-20(24)21(25)14-17)22(16-27-10-2-3-11-27)18-5-7-19(8-6-18)30-13-12-28/h4-9,14,22,28H,2-3,10-13,15-16H2,1H3/t22-/m1/s1. The minimum atomic E-state index is -0.0646. The fourth-order valence-electron chi connectivity index (χ4n) is 3.73. The Hall–Kier alpha value is -1.79. The molecule has 0 bridgehead atoms. The third-order valence-electron chi connectivity index (χ3n) is 5.45. The average molecular weight is 451 g/mol. The Morgan fingerprint density at radius 3 is 2.47 bits per heavy atom. The normalized spacial score (nSPS) is 15.2. The largest absolute Gasteiger partial charge is 0.491 e. The zero-order valence-corrected chi connectivity index (χ0v) is 18.7. The molecular formula is C23H28Cl2N2O3. The molecule has 1 aliphatic heterocycles. The van der Waals surface area contributed by atoms with Crippen LogP contribution >= 0.6 is 23.2 Å². The van der Waals surface area contributed by atoms with Crippen molar-refractivity contribution in [1.82, 2.24) is 9.80 Å². The number of halogens is 2. The molecule has 0 aliphatic carbocycles. The molecule has 0 saturated carbocycles. The van der Waals surface area contributed by atoms with Crippen molar-refractivity contribution in [2.45, 2.75) is 25.3 Å². The highest BCUT2D eigenvalue weighted by molar-refractivity contribution is 6.42. The van der Waals surface area contributed by atoms with E-state index in [0.717, 1.165) is 30.8 Å². The number of aliphatic hydroxyl groups is 1. The molecule has 162 valence electrons. The Labute approximate surface area is 188 Å². The van der Waals surface area contributed by atoms with Gasteiger partial charge in [0.25, 0.3) is 0 Å². The van der Waals surface area contributed by atoms with E-state index in [9.17, 15) is 4.79 Å². The SMILES string of the molecule is CN(C(=O)Cc1ccc(Cl)c(Cl)c1)[C@H](CN1CCCC1)c1ccc(OCCO)cc1. The second-order valence-electron chi connectivity index (χ2n) is 7.59. The van der Waals surface area contributed by atoms with Crippen LogP contribution in [-0.4, -0.2) is 60.7 Å². The van der Waals surface area contributed by atoms with E-state index in [0.29, 0.717) is 15.8 Å². The summed E-state index contributed by atoms with van der Waals surface area (Å²) < 4.78 is 5.47. The first kappa shape index (κ1) is 22.9. The van der Waals surface area contributed by atoms with Gasteiger partial charge in [-0.1, -0.05) is 41.4 Å². The van der Waals surface area contributed by atoms with Crippen LogP contribution in [0.1, 0.15) is 30.0 Å². The summed E-state index contributed by atoms with van der Waals surface area (Å²) in [6, 6.07) is 13.0. The predicted molar refractivity (Wildman–Crippen MR) is 120 cm³/mol. The molecule has 1 N–H and O–H groups in total. The highest BCUT2D eigenvalue weighted by atomic mass is 35.5. The lowest BCUT2D eigenvalue weighted by atomic mass is 10.0. The quantitative estimate of drug-likeness (QED) is 0.621. The smallest absolute Gasteiger partial charge is 0.227 e. The lowest BCUT2D eigenvalue weighted by molar-refractivity contribution is -0.131. The summed E-state index contributed by atoms with van der Waals surface area (Å²) in [6.07, 6.45) is 2.66. The van der Waals surface area contributed by atoms with Crippen LogP contribution in [0.4, 0.5) is 0 Å². The molecule has 1 heterocycles. The van der Waals surface area contributed by atoms with E-state index >= 15 is 0 Å². The molecule has 0 aromatic heterocycles. The summed E-state index contributed by atoms with van der Waals surface area (Å²) in [4.78, 5) is 17.3. The van der Waals surface area contributed by atoms with Gasteiger partial charge in [-0.2, -0.15) is 0 Å². The maximum Gasteiger partial charge on any atom is 0.227 e. The van der Waals surface area contributed by atoms with Crippen molar-refractivity contribution in [2.24, 2.45) is 0 Å². The van der Waals surface area contributed by atoms with Crippen LogP contribution in [0.3, 0.4) is 0 Å². The number of carbonyl (C=O) groups excluding carboxylic acids is 1. The number of hydrogen-bond donors (Lipinski definition) is 1. The molecule has 30 heavy (non-hydrogen) atoms. The monoisotopic (exact) mass is 450 g/mol. The number of amides is 1. The average Bonchev–Trinajstić information content (AvgIpc) is 3.26. The number of hydrogen-bond acceptors (Lipinski definition) is 4. The highest BCUT2D eigenvalue weighted by Crippen LogP contribution is 2.27. The molecule has 5 nitrogen and oxygen atoms in total. The molecule has 1 saturated heterocycles. The van der Waals surface area contributed by atoms with Crippen molar-refractivity contribution in [1.29, 1.82) is 0 Å². The van der Waals surface area contributed by atoms with Crippen molar-refractivity contribution in [3.8, 4) is 5.75 Å². The summed E-state index contributed by atoms with van der Waals surface area (Å²) in [5, 5.41) is 9.86. The van der Waals surface area contributed by atoms with Gasteiger partial charge in [0.1, 0.15) is 12.4 Å². The third-order valence-corrected chi connectivity index (χ3v) is 6.19. The van der Waals surface area contributed by atoms with Crippen LogP contribution in [0, 0.1) is 0 Å². The van der Waals surface area contributed by atoms with Gasteiger partial charge in [-0.3, -0.25) is 4.79 Å². The molecular weight excluding hydrogens is 423 g/mol. The molecule has 1 fully saturated rings. The molecule has 0 spiro atoms. The van der Waals surface area contributed by atoms with Crippen molar-refractivity contribution in [2.75, 3.05) is 39.9 Å². The fraction of sp³-hybridized carbons (Fsp3) is 0.435. The zero-order valence-electron chi connectivity index (χ0n) is 17.2. The third kappa shape index (κ3) is 6.11. The number of rotatable bonds is 9. The number of benzene rings is 2. The van der Waals surface area contributed by atoms with Gasteiger partial charge in [-0.25, -0.2) is 0 Å². The second-order valence-corrected chi connectivity index (χ2v) is 8.41. The minimum absolute atomic E-state index is 0.0225.